The minimum absolute atomic E-state index is 0.701. The number of ether oxygens (including phenoxy) is 1. The van der Waals surface area contributed by atoms with Gasteiger partial charge in [-0.05, 0) is 33.7 Å². The monoisotopic (exact) mass is 200 g/mol. The van der Waals surface area contributed by atoms with Gasteiger partial charge in [0, 0.05) is 31.8 Å². The van der Waals surface area contributed by atoms with Gasteiger partial charge in [0.1, 0.15) is 0 Å². The Labute approximate surface area is 87.8 Å². The number of rotatable bonds is 5. The summed E-state index contributed by atoms with van der Waals surface area (Å²) >= 11 is 0. The number of likely N-dealkylation sites (N-methyl/N-ethyl adjacent to an activating group) is 1. The normalized spacial score (nSPS) is 28.3. The smallest absolute Gasteiger partial charge is 0.0593 e. The molecule has 14 heavy (non-hydrogen) atoms. The molecule has 0 bridgehead atoms. The summed E-state index contributed by atoms with van der Waals surface area (Å²) in [7, 11) is 2.20. The predicted octanol–water partition coefficient (Wildman–Crippen LogP) is 1.10. The molecule has 0 aliphatic carbocycles. The Hall–Kier alpha value is -0.120. The van der Waals surface area contributed by atoms with Crippen LogP contribution >= 0.6 is 0 Å². The Morgan fingerprint density at radius 3 is 2.79 bits per heavy atom. The zero-order valence-corrected chi connectivity index (χ0v) is 9.75. The number of nitrogens with zero attached hydrogens (tertiary/aromatic N) is 1. The van der Waals surface area contributed by atoms with E-state index in [1.54, 1.807) is 0 Å². The predicted molar refractivity (Wildman–Crippen MR) is 59.6 cm³/mol. The molecule has 1 saturated heterocycles. The van der Waals surface area contributed by atoms with E-state index in [2.05, 4.69) is 24.2 Å². The number of hydrogen-bond acceptors (Lipinski definition) is 3. The second-order valence-corrected chi connectivity index (χ2v) is 4.22. The number of piperidine rings is 1. The fourth-order valence-electron chi connectivity index (χ4n) is 1.90. The fourth-order valence-corrected chi connectivity index (χ4v) is 1.90. The molecule has 0 aromatic rings. The van der Waals surface area contributed by atoms with Crippen LogP contribution in [0.5, 0.6) is 0 Å². The third kappa shape index (κ3) is 3.95. The lowest BCUT2D eigenvalue weighted by molar-refractivity contribution is 0.0977. The quantitative estimate of drug-likeness (QED) is 0.673. The molecule has 1 rings (SSSR count). The molecule has 0 aromatic heterocycles. The average molecular weight is 200 g/mol. The lowest BCUT2D eigenvalue weighted by Gasteiger charge is -2.34. The van der Waals surface area contributed by atoms with Gasteiger partial charge in [0.2, 0.25) is 0 Å². The van der Waals surface area contributed by atoms with Crippen molar-refractivity contribution in [2.45, 2.75) is 38.8 Å². The topological polar surface area (TPSA) is 24.5 Å². The van der Waals surface area contributed by atoms with Crippen LogP contribution in [0.25, 0.3) is 0 Å². The van der Waals surface area contributed by atoms with E-state index in [0.717, 1.165) is 26.3 Å². The highest BCUT2D eigenvalue weighted by atomic mass is 16.5. The largest absolute Gasteiger partial charge is 0.380 e. The van der Waals surface area contributed by atoms with Crippen molar-refractivity contribution in [3.8, 4) is 0 Å². The summed E-state index contributed by atoms with van der Waals surface area (Å²) in [5, 5.41) is 3.52. The Kier molecular flexibility index (Phi) is 5.45. The van der Waals surface area contributed by atoms with Gasteiger partial charge < -0.3 is 10.1 Å². The van der Waals surface area contributed by atoms with Crippen LogP contribution in [-0.4, -0.2) is 50.3 Å². The van der Waals surface area contributed by atoms with Crippen LogP contribution < -0.4 is 5.32 Å². The fraction of sp³-hybridized carbons (Fsp3) is 1.00. The molecule has 1 aliphatic heterocycles. The van der Waals surface area contributed by atoms with E-state index in [0.29, 0.717) is 12.1 Å². The zero-order valence-electron chi connectivity index (χ0n) is 9.75. The third-order valence-electron chi connectivity index (χ3n) is 3.05. The van der Waals surface area contributed by atoms with E-state index < -0.39 is 0 Å². The lowest BCUT2D eigenvalue weighted by atomic mass is 10.0. The highest BCUT2D eigenvalue weighted by Gasteiger charge is 2.20. The second-order valence-electron chi connectivity index (χ2n) is 4.22. The molecule has 1 N–H and O–H groups in total. The highest BCUT2D eigenvalue weighted by Crippen LogP contribution is 2.11. The first-order valence-electron chi connectivity index (χ1n) is 5.75. The van der Waals surface area contributed by atoms with Crippen molar-refractivity contribution in [1.29, 1.82) is 0 Å². The van der Waals surface area contributed by atoms with Gasteiger partial charge in [-0.25, -0.2) is 0 Å². The van der Waals surface area contributed by atoms with Gasteiger partial charge in [0.25, 0.3) is 0 Å². The van der Waals surface area contributed by atoms with Gasteiger partial charge in [-0.15, -0.1) is 0 Å². The molecule has 84 valence electrons. The molecular formula is C11H24N2O. The summed E-state index contributed by atoms with van der Waals surface area (Å²) < 4.78 is 5.35. The van der Waals surface area contributed by atoms with Crippen LogP contribution in [0.1, 0.15) is 26.7 Å². The molecule has 0 aromatic carbocycles. The Balaban J connectivity index is 2.13. The van der Waals surface area contributed by atoms with Crippen molar-refractivity contribution in [2.24, 2.45) is 0 Å². The molecule has 0 amide bonds. The van der Waals surface area contributed by atoms with Gasteiger partial charge in [0.15, 0.2) is 0 Å². The standard InChI is InChI=1S/C11H24N2O/c1-4-14-8-7-13(3)11-6-5-10(2)12-9-11/h10-12H,4-9H2,1-3H3. The van der Waals surface area contributed by atoms with Crippen molar-refractivity contribution < 1.29 is 4.74 Å². The minimum Gasteiger partial charge on any atom is -0.380 e. The van der Waals surface area contributed by atoms with Crippen molar-refractivity contribution >= 4 is 0 Å². The van der Waals surface area contributed by atoms with E-state index in [1.807, 2.05) is 6.92 Å². The van der Waals surface area contributed by atoms with Crippen molar-refractivity contribution in [3.05, 3.63) is 0 Å². The lowest BCUT2D eigenvalue weighted by Crippen LogP contribution is -2.48. The van der Waals surface area contributed by atoms with Gasteiger partial charge in [-0.1, -0.05) is 0 Å². The van der Waals surface area contributed by atoms with Crippen LogP contribution in [0.15, 0.2) is 0 Å². The number of hydrogen-bond donors (Lipinski definition) is 1. The molecular weight excluding hydrogens is 176 g/mol. The molecule has 3 heteroatoms. The number of nitrogens with one attached hydrogen (secondary N) is 1. The Bertz CT molecular complexity index is 144. The first kappa shape index (κ1) is 12.0. The maximum atomic E-state index is 5.35. The van der Waals surface area contributed by atoms with Crippen LogP contribution in [0.2, 0.25) is 0 Å². The minimum atomic E-state index is 0.701. The van der Waals surface area contributed by atoms with E-state index >= 15 is 0 Å². The summed E-state index contributed by atoms with van der Waals surface area (Å²) in [6.07, 6.45) is 2.61. The van der Waals surface area contributed by atoms with E-state index in [9.17, 15) is 0 Å². The van der Waals surface area contributed by atoms with Crippen LogP contribution in [0.4, 0.5) is 0 Å². The maximum absolute atomic E-state index is 5.35. The van der Waals surface area contributed by atoms with E-state index in [-0.39, 0.29) is 0 Å². The molecule has 2 atom stereocenters. The van der Waals surface area contributed by atoms with Crippen molar-refractivity contribution in [3.63, 3.8) is 0 Å². The molecule has 0 saturated carbocycles. The first-order valence-corrected chi connectivity index (χ1v) is 5.75. The summed E-state index contributed by atoms with van der Waals surface area (Å²) in [6, 6.07) is 1.40. The average Bonchev–Trinajstić information content (AvgIpc) is 2.19. The summed E-state index contributed by atoms with van der Waals surface area (Å²) in [5.74, 6) is 0. The van der Waals surface area contributed by atoms with Crippen LogP contribution in [0, 0.1) is 0 Å². The molecule has 1 aliphatic rings. The molecule has 0 radical (unpaired) electrons. The van der Waals surface area contributed by atoms with Gasteiger partial charge in [-0.2, -0.15) is 0 Å². The third-order valence-corrected chi connectivity index (χ3v) is 3.05. The molecule has 1 heterocycles. The van der Waals surface area contributed by atoms with Gasteiger partial charge >= 0.3 is 0 Å². The van der Waals surface area contributed by atoms with E-state index in [1.165, 1.54) is 12.8 Å². The Morgan fingerprint density at radius 1 is 1.43 bits per heavy atom. The Morgan fingerprint density at radius 2 is 2.21 bits per heavy atom. The van der Waals surface area contributed by atoms with Crippen LogP contribution in [0.3, 0.4) is 0 Å². The first-order chi connectivity index (χ1) is 6.74. The highest BCUT2D eigenvalue weighted by molar-refractivity contribution is 4.80. The van der Waals surface area contributed by atoms with Gasteiger partial charge in [-0.3, -0.25) is 4.90 Å². The van der Waals surface area contributed by atoms with Gasteiger partial charge in [0.05, 0.1) is 6.61 Å². The summed E-state index contributed by atoms with van der Waals surface area (Å²) in [4.78, 5) is 2.41. The molecule has 2 unspecified atom stereocenters. The zero-order chi connectivity index (χ0) is 10.4. The van der Waals surface area contributed by atoms with E-state index in [4.69, 9.17) is 4.74 Å². The second kappa shape index (κ2) is 6.38. The summed E-state index contributed by atoms with van der Waals surface area (Å²) in [5.41, 5.74) is 0. The SMILES string of the molecule is CCOCCN(C)C1CCC(C)NC1. The maximum Gasteiger partial charge on any atom is 0.0593 e. The molecule has 1 fully saturated rings. The summed E-state index contributed by atoms with van der Waals surface area (Å²) in [6.45, 7) is 8.17. The molecule has 3 nitrogen and oxygen atoms in total. The van der Waals surface area contributed by atoms with Crippen molar-refractivity contribution in [1.82, 2.24) is 10.2 Å². The van der Waals surface area contributed by atoms with Crippen LogP contribution in [-0.2, 0) is 4.74 Å². The molecule has 0 spiro atoms. The van der Waals surface area contributed by atoms with Crippen molar-refractivity contribution in [2.75, 3.05) is 33.4 Å².